The molecule has 2 aromatic heterocycles. The molecule has 286 valence electrons. The van der Waals surface area contributed by atoms with Crippen molar-refractivity contribution < 1.29 is 40.6 Å². The maximum atomic E-state index is 17.2. The van der Waals surface area contributed by atoms with Crippen LogP contribution in [0.5, 0.6) is 6.01 Å². The number of nitriles is 1. The van der Waals surface area contributed by atoms with Gasteiger partial charge in [-0.2, -0.15) is 28.4 Å². The zero-order valence-electron chi connectivity index (χ0n) is 29.7. The first-order chi connectivity index (χ1) is 25.5. The molecular formula is C37H37F6N7O3S. The van der Waals surface area contributed by atoms with Gasteiger partial charge in [0, 0.05) is 42.4 Å². The molecule has 2 aromatic carbocycles. The summed E-state index contributed by atoms with van der Waals surface area (Å²) in [5.74, 6) is -2.23. The summed E-state index contributed by atoms with van der Waals surface area (Å²) in [7, 11) is 0. The van der Waals surface area contributed by atoms with Crippen molar-refractivity contribution >= 4 is 49.2 Å². The van der Waals surface area contributed by atoms with Gasteiger partial charge in [-0.05, 0) is 70.7 Å². The van der Waals surface area contributed by atoms with E-state index in [0.29, 0.717) is 37.1 Å². The molecule has 4 aliphatic heterocycles. The number of nitrogens with zero attached hydrogens (tertiary/aromatic N) is 6. The van der Waals surface area contributed by atoms with E-state index in [1.165, 1.54) is 0 Å². The normalized spacial score (nSPS) is 24.4. The van der Waals surface area contributed by atoms with Crippen LogP contribution in [-0.4, -0.2) is 88.0 Å². The van der Waals surface area contributed by atoms with Crippen LogP contribution < -0.4 is 15.4 Å². The highest BCUT2D eigenvalue weighted by molar-refractivity contribution is 7.23. The number of aromatic nitrogens is 2. The maximum Gasteiger partial charge on any atom is 0.417 e. The molecule has 0 radical (unpaired) electrons. The molecule has 4 aliphatic rings. The van der Waals surface area contributed by atoms with Crippen LogP contribution in [0.4, 0.5) is 42.0 Å². The molecule has 2 unspecified atom stereocenters. The number of hydrogen-bond acceptors (Lipinski definition) is 10. The monoisotopic (exact) mass is 773 g/mol. The highest BCUT2D eigenvalue weighted by Crippen LogP contribution is 2.49. The van der Waals surface area contributed by atoms with E-state index in [1.807, 2.05) is 11.0 Å². The van der Waals surface area contributed by atoms with Gasteiger partial charge in [-0.1, -0.05) is 6.07 Å². The predicted molar refractivity (Wildman–Crippen MR) is 190 cm³/mol. The molecule has 10 nitrogen and oxygen atoms in total. The Bertz CT molecular complexity index is 2220. The van der Waals surface area contributed by atoms with E-state index in [9.17, 15) is 18.8 Å². The minimum Gasteiger partial charge on any atom is -0.461 e. The molecule has 54 heavy (non-hydrogen) atoms. The van der Waals surface area contributed by atoms with E-state index in [1.54, 1.807) is 30.6 Å². The number of rotatable bonds is 5. The fourth-order valence-electron chi connectivity index (χ4n) is 8.83. The maximum absolute atomic E-state index is 17.2. The minimum atomic E-state index is -5.13. The first-order valence-corrected chi connectivity index (χ1v) is 18.6. The number of halogens is 6. The van der Waals surface area contributed by atoms with Gasteiger partial charge in [0.25, 0.3) is 0 Å². The Kier molecular flexibility index (Phi) is 8.60. The number of anilines is 2. The number of fused-ring (bicyclic) bond motifs is 5. The highest BCUT2D eigenvalue weighted by Gasteiger charge is 2.50. The third kappa shape index (κ3) is 6.01. The quantitative estimate of drug-likeness (QED) is 0.203. The van der Waals surface area contributed by atoms with Crippen LogP contribution in [-0.2, 0) is 10.9 Å². The molecule has 17 heteroatoms. The van der Waals surface area contributed by atoms with E-state index in [0.717, 1.165) is 24.6 Å². The molecule has 4 atom stereocenters. The summed E-state index contributed by atoms with van der Waals surface area (Å²) in [5, 5.41) is 9.25. The summed E-state index contributed by atoms with van der Waals surface area (Å²) in [4.78, 5) is 27.6. The van der Waals surface area contributed by atoms with Gasteiger partial charge in [0.05, 0.1) is 33.4 Å². The van der Waals surface area contributed by atoms with Gasteiger partial charge >= 0.3 is 18.3 Å². The Balaban J connectivity index is 1.30. The topological polar surface area (TPSA) is 121 Å². The van der Waals surface area contributed by atoms with Crippen molar-refractivity contribution in [1.29, 1.82) is 5.26 Å². The number of carbonyl (C=O) groups is 1. The van der Waals surface area contributed by atoms with Crippen molar-refractivity contribution in [2.45, 2.75) is 88.4 Å². The second kappa shape index (κ2) is 12.8. The van der Waals surface area contributed by atoms with Crippen molar-refractivity contribution in [1.82, 2.24) is 19.8 Å². The number of amides is 1. The first kappa shape index (κ1) is 36.4. The van der Waals surface area contributed by atoms with Gasteiger partial charge in [0.15, 0.2) is 5.82 Å². The number of hydrogen-bond donors (Lipinski definition) is 1. The summed E-state index contributed by atoms with van der Waals surface area (Å²) in [6.45, 7) is 6.50. The standard InChI is InChI=1S/C37H37F6N7O3S/c1-35(2,3)53-34(51)50-19-5-6-20(50)16-48(15-19)32-22-11-24(37(41,42)43)27(21-7-8-25(39)30-26(21)23(13-44)31(45)54-30)28(40)29(22)46-33(47-32)52-17-36-9-4-10-49(36)14-18(38)12-36/h7-8,11,18-20H,4-6,9-10,12,14-17,45H2,1-3H3/t18-,19?,20?,36+/m1/s1. The van der Waals surface area contributed by atoms with Gasteiger partial charge in [-0.3, -0.25) is 9.80 Å². The lowest BCUT2D eigenvalue weighted by atomic mass is 9.92. The molecule has 0 saturated carbocycles. The molecule has 0 spiro atoms. The molecule has 2 N–H and O–H groups in total. The van der Waals surface area contributed by atoms with Crippen molar-refractivity contribution in [2.75, 3.05) is 43.4 Å². The number of ether oxygens (including phenoxy) is 2. The van der Waals surface area contributed by atoms with Crippen LogP contribution >= 0.6 is 11.3 Å². The van der Waals surface area contributed by atoms with Gasteiger partial charge in [-0.25, -0.2) is 18.0 Å². The predicted octanol–water partition coefficient (Wildman–Crippen LogP) is 7.81. The molecule has 6 heterocycles. The van der Waals surface area contributed by atoms with Crippen LogP contribution in [0.15, 0.2) is 18.2 Å². The summed E-state index contributed by atoms with van der Waals surface area (Å²) in [5.41, 5.74) is 1.14. The average molecular weight is 774 g/mol. The van der Waals surface area contributed by atoms with Crippen molar-refractivity contribution in [3.63, 3.8) is 0 Å². The van der Waals surface area contributed by atoms with Crippen LogP contribution in [0.25, 0.3) is 32.1 Å². The second-order valence-electron chi connectivity index (χ2n) is 15.6. The number of piperazine rings is 1. The zero-order chi connectivity index (χ0) is 38.5. The third-order valence-corrected chi connectivity index (χ3v) is 12.0. The highest BCUT2D eigenvalue weighted by atomic mass is 32.1. The Morgan fingerprint density at radius 1 is 1.13 bits per heavy atom. The third-order valence-electron chi connectivity index (χ3n) is 11.0. The van der Waals surface area contributed by atoms with Gasteiger partial charge in [-0.15, -0.1) is 11.3 Å². The van der Waals surface area contributed by atoms with Gasteiger partial charge < -0.3 is 20.1 Å². The van der Waals surface area contributed by atoms with E-state index in [4.69, 9.17) is 15.2 Å². The number of thiophene rings is 1. The number of alkyl halides is 4. The molecule has 1 amide bonds. The van der Waals surface area contributed by atoms with Gasteiger partial charge in [0.2, 0.25) is 0 Å². The Hall–Kier alpha value is -4.56. The minimum absolute atomic E-state index is 0.0241. The first-order valence-electron chi connectivity index (χ1n) is 17.8. The fraction of sp³-hybridized carbons (Fsp3) is 0.514. The molecule has 2 bridgehead atoms. The number of nitrogen functional groups attached to an aromatic ring is 1. The van der Waals surface area contributed by atoms with Crippen LogP contribution in [0.3, 0.4) is 0 Å². The summed E-state index contributed by atoms with van der Waals surface area (Å²) in [6.07, 6.45) is -3.77. The van der Waals surface area contributed by atoms with Crippen LogP contribution in [0.1, 0.15) is 64.0 Å². The van der Waals surface area contributed by atoms with Crippen molar-refractivity contribution in [3.05, 3.63) is 41.0 Å². The lowest BCUT2D eigenvalue weighted by molar-refractivity contribution is -0.137. The zero-order valence-corrected chi connectivity index (χ0v) is 30.5. The Morgan fingerprint density at radius 3 is 2.52 bits per heavy atom. The number of carbonyl (C=O) groups excluding carboxylic acids is 1. The second-order valence-corrected chi connectivity index (χ2v) is 16.7. The lowest BCUT2D eigenvalue weighted by Crippen LogP contribution is -2.57. The lowest BCUT2D eigenvalue weighted by Gasteiger charge is -2.42. The molecule has 0 aliphatic carbocycles. The van der Waals surface area contributed by atoms with Crippen LogP contribution in [0.2, 0.25) is 0 Å². The molecule has 4 fully saturated rings. The number of benzene rings is 2. The molecule has 8 rings (SSSR count). The summed E-state index contributed by atoms with van der Waals surface area (Å²) in [6, 6.07) is 3.46. The smallest absolute Gasteiger partial charge is 0.417 e. The van der Waals surface area contributed by atoms with Crippen molar-refractivity contribution in [2.24, 2.45) is 0 Å². The molecule has 4 aromatic rings. The summed E-state index contributed by atoms with van der Waals surface area (Å²) >= 11 is 0.679. The number of nitrogens with two attached hydrogens (primary N) is 1. The molecular weight excluding hydrogens is 737 g/mol. The summed E-state index contributed by atoms with van der Waals surface area (Å²) < 4.78 is 104. The molecule has 4 saturated heterocycles. The Labute approximate surface area is 310 Å². The van der Waals surface area contributed by atoms with Crippen LogP contribution in [0, 0.1) is 23.0 Å². The van der Waals surface area contributed by atoms with E-state index in [2.05, 4.69) is 9.97 Å². The van der Waals surface area contributed by atoms with E-state index in [-0.39, 0.29) is 88.2 Å². The Morgan fingerprint density at radius 2 is 1.85 bits per heavy atom. The van der Waals surface area contributed by atoms with E-state index < -0.39 is 57.9 Å². The average Bonchev–Trinajstić information content (AvgIpc) is 3.80. The SMILES string of the molecule is CC(C)(C)OC(=O)N1C2CCC1CN(c1nc(OC[C@@]34CCCN3C[C@H](F)C4)nc3c(F)c(-c4ccc(F)c5sc(N)c(C#N)c45)c(C(F)(F)F)cc13)C2. The van der Waals surface area contributed by atoms with Gasteiger partial charge in [0.1, 0.15) is 46.6 Å². The largest absolute Gasteiger partial charge is 0.461 e. The van der Waals surface area contributed by atoms with Crippen molar-refractivity contribution in [3.8, 4) is 23.2 Å². The van der Waals surface area contributed by atoms with E-state index >= 15 is 17.6 Å². The fourth-order valence-corrected chi connectivity index (χ4v) is 9.78.